The molecular weight excluding hydrogens is 520 g/mol. The van der Waals surface area contributed by atoms with Crippen molar-refractivity contribution in [1.29, 1.82) is 0 Å². The van der Waals surface area contributed by atoms with E-state index in [2.05, 4.69) is 75.2 Å². The number of nitrogens with zero attached hydrogens (tertiary/aromatic N) is 6. The second kappa shape index (κ2) is 11.1. The molecule has 6 rings (SSSR count). The topological polar surface area (TPSA) is 89.5 Å². The minimum absolute atomic E-state index is 0.179. The number of aromatic nitrogens is 3. The zero-order valence-corrected chi connectivity index (χ0v) is 24.8. The average Bonchev–Trinajstić information content (AvgIpc) is 3.60. The fraction of sp³-hybridized carbons (Fsp3) is 0.533. The third-order valence-corrected chi connectivity index (χ3v) is 9.36. The molecular formula is C30H40N8OS. The number of anilines is 3. The Balaban J connectivity index is 1.06. The monoisotopic (exact) mass is 560 g/mol. The molecule has 10 heteroatoms. The zero-order chi connectivity index (χ0) is 27.9. The molecule has 1 atom stereocenters. The Hall–Kier alpha value is -3.08. The van der Waals surface area contributed by atoms with Crippen LogP contribution in [0, 0.1) is 5.41 Å². The number of thiazole rings is 1. The van der Waals surface area contributed by atoms with Crippen LogP contribution in [0.15, 0.2) is 41.7 Å². The second-order valence-corrected chi connectivity index (χ2v) is 13.1. The van der Waals surface area contributed by atoms with Crippen LogP contribution in [0.25, 0.3) is 10.2 Å². The molecule has 2 aromatic heterocycles. The van der Waals surface area contributed by atoms with Crippen molar-refractivity contribution < 1.29 is 4.79 Å². The van der Waals surface area contributed by atoms with Crippen molar-refractivity contribution >= 4 is 44.8 Å². The number of hydrogen-bond acceptors (Lipinski definition) is 9. The fourth-order valence-corrected chi connectivity index (χ4v) is 6.95. The predicted molar refractivity (Wildman–Crippen MR) is 162 cm³/mol. The molecule has 5 heterocycles. The van der Waals surface area contributed by atoms with E-state index in [1.165, 1.54) is 5.57 Å². The Kier molecular flexibility index (Phi) is 7.50. The van der Waals surface area contributed by atoms with Gasteiger partial charge in [0.2, 0.25) is 5.91 Å². The van der Waals surface area contributed by atoms with Gasteiger partial charge in [-0.1, -0.05) is 6.08 Å². The van der Waals surface area contributed by atoms with E-state index >= 15 is 0 Å². The highest BCUT2D eigenvalue weighted by atomic mass is 32.1. The number of benzene rings is 1. The van der Waals surface area contributed by atoms with E-state index in [0.29, 0.717) is 12.6 Å². The summed E-state index contributed by atoms with van der Waals surface area (Å²) in [7, 11) is 0. The van der Waals surface area contributed by atoms with Gasteiger partial charge in [0, 0.05) is 69.5 Å². The van der Waals surface area contributed by atoms with Crippen LogP contribution in [0.2, 0.25) is 0 Å². The van der Waals surface area contributed by atoms with Gasteiger partial charge in [0.1, 0.15) is 18.0 Å². The molecule has 1 unspecified atom stereocenters. The third-order valence-electron chi connectivity index (χ3n) is 8.57. The van der Waals surface area contributed by atoms with Crippen molar-refractivity contribution in [3.63, 3.8) is 0 Å². The van der Waals surface area contributed by atoms with Crippen LogP contribution in [0.5, 0.6) is 0 Å². The molecule has 0 aliphatic carbocycles. The number of fused-ring (bicyclic) bond motifs is 2. The molecule has 40 heavy (non-hydrogen) atoms. The van der Waals surface area contributed by atoms with E-state index < -0.39 is 5.41 Å². The minimum Gasteiger partial charge on any atom is -0.363 e. The van der Waals surface area contributed by atoms with Crippen LogP contribution in [0.3, 0.4) is 0 Å². The van der Waals surface area contributed by atoms with Gasteiger partial charge >= 0.3 is 0 Å². The second-order valence-electron chi connectivity index (χ2n) is 12.2. The van der Waals surface area contributed by atoms with E-state index in [4.69, 9.17) is 0 Å². The van der Waals surface area contributed by atoms with Crippen LogP contribution in [-0.2, 0) is 11.2 Å². The molecule has 0 spiro atoms. The van der Waals surface area contributed by atoms with Gasteiger partial charge < -0.3 is 15.5 Å². The SMILES string of the molecule is CC(C)N1CCN(CC(C)(C)C(=O)N2CC=C(C3Cc4c(Nc5ccc6ncsc6c5)ncnc4N3)CC2)CC1. The normalized spacial score (nSPS) is 20.5. The van der Waals surface area contributed by atoms with E-state index in [1.54, 1.807) is 17.7 Å². The molecule has 1 fully saturated rings. The van der Waals surface area contributed by atoms with Crippen molar-refractivity contribution in [2.75, 3.05) is 56.4 Å². The first kappa shape index (κ1) is 27.1. The number of nitrogens with one attached hydrogen (secondary N) is 2. The Morgan fingerprint density at radius 2 is 1.98 bits per heavy atom. The number of hydrogen-bond donors (Lipinski definition) is 2. The highest BCUT2D eigenvalue weighted by Crippen LogP contribution is 2.35. The molecule has 0 radical (unpaired) electrons. The van der Waals surface area contributed by atoms with Crippen LogP contribution >= 0.6 is 11.3 Å². The van der Waals surface area contributed by atoms with Gasteiger partial charge in [-0.3, -0.25) is 14.6 Å². The van der Waals surface area contributed by atoms with E-state index in [1.807, 2.05) is 22.5 Å². The molecule has 0 bridgehead atoms. The Morgan fingerprint density at radius 3 is 2.73 bits per heavy atom. The van der Waals surface area contributed by atoms with E-state index in [0.717, 1.165) is 85.2 Å². The summed E-state index contributed by atoms with van der Waals surface area (Å²) in [6.45, 7) is 15.2. The molecule has 0 saturated carbocycles. The predicted octanol–water partition coefficient (Wildman–Crippen LogP) is 4.38. The maximum Gasteiger partial charge on any atom is 0.229 e. The summed E-state index contributed by atoms with van der Waals surface area (Å²) in [5.74, 6) is 1.99. The molecule has 1 aromatic carbocycles. The molecule has 212 valence electrons. The van der Waals surface area contributed by atoms with Gasteiger partial charge in [-0.15, -0.1) is 11.3 Å². The summed E-state index contributed by atoms with van der Waals surface area (Å²) in [5.41, 5.74) is 5.93. The Labute approximate surface area is 240 Å². The van der Waals surface area contributed by atoms with Crippen molar-refractivity contribution in [1.82, 2.24) is 29.7 Å². The number of piperazine rings is 1. The maximum atomic E-state index is 13.6. The largest absolute Gasteiger partial charge is 0.363 e. The molecule has 3 aromatic rings. The molecule has 9 nitrogen and oxygen atoms in total. The van der Waals surface area contributed by atoms with Crippen molar-refractivity contribution in [3.8, 4) is 0 Å². The quantitative estimate of drug-likeness (QED) is 0.412. The van der Waals surface area contributed by atoms with Gasteiger partial charge in [-0.25, -0.2) is 15.0 Å². The maximum absolute atomic E-state index is 13.6. The number of carbonyl (C=O) groups is 1. The van der Waals surface area contributed by atoms with Crippen LogP contribution in [-0.4, -0.2) is 93.5 Å². The van der Waals surface area contributed by atoms with Crippen LogP contribution in [0.1, 0.15) is 39.7 Å². The zero-order valence-electron chi connectivity index (χ0n) is 24.0. The third kappa shape index (κ3) is 5.57. The standard InChI is InChI=1S/C30H40N8OS/c1-20(2)37-13-11-36(12-14-37)17-30(3,4)29(39)38-9-7-21(8-10-38)25-16-23-27(31-18-32-28(23)35-25)34-22-5-6-24-26(15-22)40-19-33-24/h5-7,15,18-20,25H,8-14,16-17H2,1-4H3,(H2,31,32,34,35). The lowest BCUT2D eigenvalue weighted by atomic mass is 9.89. The molecule has 2 N–H and O–H groups in total. The van der Waals surface area contributed by atoms with Gasteiger partial charge in [0.25, 0.3) is 0 Å². The Morgan fingerprint density at radius 1 is 1.15 bits per heavy atom. The van der Waals surface area contributed by atoms with E-state index in [9.17, 15) is 4.79 Å². The Bertz CT molecular complexity index is 1410. The van der Waals surface area contributed by atoms with Crippen LogP contribution < -0.4 is 10.6 Å². The molecule has 1 saturated heterocycles. The van der Waals surface area contributed by atoms with Crippen molar-refractivity contribution in [2.45, 2.75) is 52.6 Å². The lowest BCUT2D eigenvalue weighted by Gasteiger charge is -2.41. The summed E-state index contributed by atoms with van der Waals surface area (Å²) in [6, 6.07) is 6.95. The molecule has 3 aliphatic heterocycles. The van der Waals surface area contributed by atoms with Gasteiger partial charge in [-0.05, 0) is 57.9 Å². The highest BCUT2D eigenvalue weighted by Gasteiger charge is 2.36. The summed E-state index contributed by atoms with van der Waals surface area (Å²) in [6.07, 6.45) is 5.57. The average molecular weight is 561 g/mol. The first-order valence-electron chi connectivity index (χ1n) is 14.4. The summed E-state index contributed by atoms with van der Waals surface area (Å²) >= 11 is 1.63. The summed E-state index contributed by atoms with van der Waals surface area (Å²) < 4.78 is 1.15. The smallest absolute Gasteiger partial charge is 0.229 e. The summed E-state index contributed by atoms with van der Waals surface area (Å²) in [4.78, 5) is 34.0. The molecule has 3 aliphatic rings. The van der Waals surface area contributed by atoms with Crippen molar-refractivity contribution in [3.05, 3.63) is 47.2 Å². The number of rotatable bonds is 7. The lowest BCUT2D eigenvalue weighted by molar-refractivity contribution is -0.141. The van der Waals surface area contributed by atoms with Gasteiger partial charge in [0.15, 0.2) is 0 Å². The highest BCUT2D eigenvalue weighted by molar-refractivity contribution is 7.16. The van der Waals surface area contributed by atoms with Crippen molar-refractivity contribution in [2.24, 2.45) is 5.41 Å². The van der Waals surface area contributed by atoms with Crippen LogP contribution in [0.4, 0.5) is 17.3 Å². The number of carbonyl (C=O) groups excluding carboxylic acids is 1. The van der Waals surface area contributed by atoms with Gasteiger partial charge in [-0.2, -0.15) is 0 Å². The molecule has 1 amide bonds. The minimum atomic E-state index is -0.397. The lowest BCUT2D eigenvalue weighted by Crippen LogP contribution is -2.54. The van der Waals surface area contributed by atoms with Gasteiger partial charge in [0.05, 0.1) is 27.2 Å². The first-order valence-corrected chi connectivity index (χ1v) is 15.3. The first-order chi connectivity index (χ1) is 19.3. The fourth-order valence-electron chi connectivity index (χ4n) is 6.23. The summed E-state index contributed by atoms with van der Waals surface area (Å²) in [5, 5.41) is 7.11. The number of amides is 1. The van der Waals surface area contributed by atoms with E-state index in [-0.39, 0.29) is 11.9 Å².